The Morgan fingerprint density at radius 3 is 1.59 bits per heavy atom. The summed E-state index contributed by atoms with van der Waals surface area (Å²) in [5.41, 5.74) is 1.30. The Bertz CT molecular complexity index is 1220. The van der Waals surface area contributed by atoms with Crippen molar-refractivity contribution < 1.29 is 21.8 Å². The van der Waals surface area contributed by atoms with Crippen molar-refractivity contribution in [3.05, 3.63) is 120 Å². The number of aryl methyl sites for hydroxylation is 1. The summed E-state index contributed by atoms with van der Waals surface area (Å²) in [5.74, 6) is -2.30. The second-order valence-corrected chi connectivity index (χ2v) is 10.1. The highest BCUT2D eigenvalue weighted by Gasteiger charge is 2.27. The van der Waals surface area contributed by atoms with E-state index in [1.165, 1.54) is 20.2 Å². The maximum Gasteiger partial charge on any atom is 0.166 e. The molecule has 7 heteroatoms. The number of benzene rings is 4. The van der Waals surface area contributed by atoms with E-state index in [2.05, 4.69) is 91.9 Å². The van der Waals surface area contributed by atoms with Crippen molar-refractivity contribution in [1.82, 2.24) is 0 Å². The van der Waals surface area contributed by atoms with Gasteiger partial charge in [-0.1, -0.05) is 54.1 Å². The molecule has 0 aliphatic heterocycles. The van der Waals surface area contributed by atoms with Crippen molar-refractivity contribution in [2.75, 3.05) is 0 Å². The van der Waals surface area contributed by atoms with E-state index in [9.17, 15) is 21.8 Å². The molecule has 0 atom stereocenters. The standard InChI is InChI=1S/C19H17S.C6H4F2O3S/c1-16-12-14-19(15-13-16)20(17-8-4-2-5-9-17)18-10-6-3-7-11-18;7-4-1-2-6(5(8)3-4)12(9,10)11/h2-15H,1H3;1-3H,(H,9,10,11)/q+1;/p-1. The predicted molar refractivity (Wildman–Crippen MR) is 121 cm³/mol. The molecule has 0 saturated carbocycles. The Balaban J connectivity index is 0.000000207. The third-order valence-electron chi connectivity index (χ3n) is 4.38. The molecule has 0 aliphatic rings. The summed E-state index contributed by atoms with van der Waals surface area (Å²) in [7, 11) is -4.86. The Hall–Kier alpha value is -3.00. The molecule has 4 aromatic carbocycles. The molecule has 0 aromatic heterocycles. The van der Waals surface area contributed by atoms with Gasteiger partial charge >= 0.3 is 0 Å². The fourth-order valence-electron chi connectivity index (χ4n) is 2.87. The smallest absolute Gasteiger partial charge is 0.166 e. The number of rotatable bonds is 4. The van der Waals surface area contributed by atoms with Gasteiger partial charge in [-0.3, -0.25) is 0 Å². The van der Waals surface area contributed by atoms with E-state index in [0.29, 0.717) is 18.2 Å². The van der Waals surface area contributed by atoms with Gasteiger partial charge in [-0.2, -0.15) is 0 Å². The molecule has 0 spiro atoms. The molecule has 4 rings (SSSR count). The lowest BCUT2D eigenvalue weighted by molar-refractivity contribution is 0.453. The van der Waals surface area contributed by atoms with Crippen LogP contribution in [-0.4, -0.2) is 13.0 Å². The van der Waals surface area contributed by atoms with Gasteiger partial charge in [0.1, 0.15) is 21.8 Å². The van der Waals surface area contributed by atoms with Crippen LogP contribution in [0.4, 0.5) is 8.78 Å². The van der Waals surface area contributed by atoms with E-state index in [1.807, 2.05) is 0 Å². The van der Waals surface area contributed by atoms with Crippen molar-refractivity contribution in [2.45, 2.75) is 26.5 Å². The average molecular weight is 471 g/mol. The van der Waals surface area contributed by atoms with Crippen LogP contribution in [0.3, 0.4) is 0 Å². The molecule has 0 amide bonds. The third-order valence-corrected chi connectivity index (χ3v) is 7.48. The van der Waals surface area contributed by atoms with E-state index in [-0.39, 0.29) is 10.9 Å². The Morgan fingerprint density at radius 2 is 1.16 bits per heavy atom. The molecular weight excluding hydrogens is 450 g/mol. The highest BCUT2D eigenvalue weighted by atomic mass is 32.2. The van der Waals surface area contributed by atoms with Gasteiger partial charge in [-0.15, -0.1) is 0 Å². The average Bonchev–Trinajstić information content (AvgIpc) is 2.76. The monoisotopic (exact) mass is 470 g/mol. The second kappa shape index (κ2) is 10.5. The first-order valence-electron chi connectivity index (χ1n) is 9.58. The van der Waals surface area contributed by atoms with Crippen LogP contribution in [0.2, 0.25) is 0 Å². The summed E-state index contributed by atoms with van der Waals surface area (Å²) in [4.78, 5) is 3.06. The van der Waals surface area contributed by atoms with Gasteiger partial charge in [0, 0.05) is 6.07 Å². The van der Waals surface area contributed by atoms with Crippen LogP contribution in [0.5, 0.6) is 0 Å². The zero-order chi connectivity index (χ0) is 23.1. The highest BCUT2D eigenvalue weighted by Crippen LogP contribution is 2.30. The van der Waals surface area contributed by atoms with E-state index < -0.39 is 26.6 Å². The predicted octanol–water partition coefficient (Wildman–Crippen LogP) is 5.96. The lowest BCUT2D eigenvalue weighted by Crippen LogP contribution is -2.04. The normalized spacial score (nSPS) is 11.0. The van der Waals surface area contributed by atoms with Crippen LogP contribution >= 0.6 is 0 Å². The zero-order valence-electron chi connectivity index (χ0n) is 17.1. The van der Waals surface area contributed by atoms with E-state index >= 15 is 0 Å². The molecule has 0 saturated heterocycles. The summed E-state index contributed by atoms with van der Waals surface area (Å²) < 4.78 is 55.5. The highest BCUT2D eigenvalue weighted by molar-refractivity contribution is 7.97. The Labute approximate surface area is 189 Å². The zero-order valence-corrected chi connectivity index (χ0v) is 18.7. The molecule has 164 valence electrons. The molecule has 0 fully saturated rings. The summed E-state index contributed by atoms with van der Waals surface area (Å²) in [6.45, 7) is 2.13. The Kier molecular flexibility index (Phi) is 7.80. The van der Waals surface area contributed by atoms with Gasteiger partial charge in [0.15, 0.2) is 14.7 Å². The topological polar surface area (TPSA) is 57.2 Å². The molecule has 32 heavy (non-hydrogen) atoms. The van der Waals surface area contributed by atoms with Crippen molar-refractivity contribution in [3.63, 3.8) is 0 Å². The van der Waals surface area contributed by atoms with Crippen LogP contribution in [0.1, 0.15) is 5.56 Å². The summed E-state index contributed by atoms with van der Waals surface area (Å²) in [6.07, 6.45) is 0. The maximum atomic E-state index is 12.5. The lowest BCUT2D eigenvalue weighted by atomic mass is 10.2. The largest absolute Gasteiger partial charge is 0.744 e. The SMILES string of the molecule is Cc1ccc([S+](c2ccccc2)c2ccccc2)cc1.O=S(=O)([O-])c1ccc(F)cc1F. The molecule has 4 aromatic rings. The first-order valence-corrected chi connectivity index (χ1v) is 12.2. The third kappa shape index (κ3) is 6.26. The number of hydrogen-bond donors (Lipinski definition) is 0. The lowest BCUT2D eigenvalue weighted by Gasteiger charge is -2.07. The first-order chi connectivity index (χ1) is 15.3. The molecule has 0 heterocycles. The fourth-order valence-corrected chi connectivity index (χ4v) is 5.49. The van der Waals surface area contributed by atoms with E-state index in [4.69, 9.17) is 0 Å². The van der Waals surface area contributed by atoms with Gasteiger partial charge in [0.05, 0.1) is 15.8 Å². The number of hydrogen-bond acceptors (Lipinski definition) is 3. The van der Waals surface area contributed by atoms with Crippen molar-refractivity contribution in [3.8, 4) is 0 Å². The molecule has 0 radical (unpaired) electrons. The van der Waals surface area contributed by atoms with Crippen molar-refractivity contribution in [1.29, 1.82) is 0 Å². The van der Waals surface area contributed by atoms with Crippen LogP contribution in [0.15, 0.2) is 123 Å². The Morgan fingerprint density at radius 1 is 0.688 bits per heavy atom. The maximum absolute atomic E-state index is 12.5. The molecule has 0 N–H and O–H groups in total. The van der Waals surface area contributed by atoms with Crippen molar-refractivity contribution in [2.24, 2.45) is 0 Å². The fraction of sp³-hybridized carbons (Fsp3) is 0.0400. The second-order valence-electron chi connectivity index (χ2n) is 6.77. The molecule has 0 aliphatic carbocycles. The number of halogens is 2. The van der Waals surface area contributed by atoms with Gasteiger partial charge in [-0.05, 0) is 55.5 Å². The van der Waals surface area contributed by atoms with Gasteiger partial charge in [0.2, 0.25) is 0 Å². The summed E-state index contributed by atoms with van der Waals surface area (Å²) in [6, 6.07) is 32.0. The quantitative estimate of drug-likeness (QED) is 0.273. The van der Waals surface area contributed by atoms with Crippen LogP contribution in [0.25, 0.3) is 0 Å². The molecule has 0 bridgehead atoms. The van der Waals surface area contributed by atoms with E-state index in [0.717, 1.165) is 0 Å². The van der Waals surface area contributed by atoms with Crippen molar-refractivity contribution >= 4 is 21.0 Å². The molecule has 3 nitrogen and oxygen atoms in total. The van der Waals surface area contributed by atoms with Crippen LogP contribution in [-0.2, 0) is 21.0 Å². The minimum absolute atomic E-state index is 0.0229. The van der Waals surface area contributed by atoms with Crippen LogP contribution in [0, 0.1) is 18.6 Å². The summed E-state index contributed by atoms with van der Waals surface area (Å²) in [5, 5.41) is 0. The van der Waals surface area contributed by atoms with Crippen LogP contribution < -0.4 is 0 Å². The van der Waals surface area contributed by atoms with Gasteiger partial charge in [-0.25, -0.2) is 17.2 Å². The van der Waals surface area contributed by atoms with Gasteiger partial charge < -0.3 is 4.55 Å². The van der Waals surface area contributed by atoms with Gasteiger partial charge in [0.25, 0.3) is 0 Å². The molecular formula is C25H20F2O3S2. The summed E-state index contributed by atoms with van der Waals surface area (Å²) >= 11 is 0. The first kappa shape index (κ1) is 23.7. The minimum Gasteiger partial charge on any atom is -0.744 e. The van der Waals surface area contributed by atoms with E-state index in [1.54, 1.807) is 0 Å². The minimum atomic E-state index is -4.84. The molecule has 0 unspecified atom stereocenters.